The molecule has 1 unspecified atom stereocenters. The first kappa shape index (κ1) is 19.9. The monoisotopic (exact) mass is 432 g/mol. The number of pyridine rings is 1. The number of alkyl halides is 1. The first-order chi connectivity index (χ1) is 14.3. The van der Waals surface area contributed by atoms with Gasteiger partial charge in [-0.1, -0.05) is 18.2 Å². The van der Waals surface area contributed by atoms with Crippen molar-refractivity contribution in [3.63, 3.8) is 0 Å². The highest BCUT2D eigenvalue weighted by Gasteiger charge is 2.34. The van der Waals surface area contributed by atoms with Crippen LogP contribution in [0.3, 0.4) is 0 Å². The molecule has 6 nitrogen and oxygen atoms in total. The molecular weight excluding hydrogens is 407 g/mol. The Bertz CT molecular complexity index is 1170. The van der Waals surface area contributed by atoms with Crippen LogP contribution in [-0.4, -0.2) is 43.8 Å². The molecule has 5 rings (SSSR count). The Labute approximate surface area is 175 Å². The van der Waals surface area contributed by atoms with Gasteiger partial charge >= 0.3 is 0 Å². The largest absolute Gasteiger partial charge is 0.321 e. The molecule has 160 valence electrons. The van der Waals surface area contributed by atoms with Crippen molar-refractivity contribution in [3.8, 4) is 11.3 Å². The van der Waals surface area contributed by atoms with Crippen LogP contribution in [0.4, 0.5) is 4.39 Å². The molecule has 1 aromatic heterocycles. The van der Waals surface area contributed by atoms with Crippen molar-refractivity contribution in [2.45, 2.75) is 50.9 Å². The number of fused-ring (bicyclic) bond motifs is 5. The second kappa shape index (κ2) is 7.28. The normalized spacial score (nSPS) is 23.3. The number of halogens is 1. The van der Waals surface area contributed by atoms with Gasteiger partial charge < -0.3 is 4.98 Å². The highest BCUT2D eigenvalue weighted by atomic mass is 32.2. The van der Waals surface area contributed by atoms with Crippen LogP contribution in [0.15, 0.2) is 23.0 Å². The second-order valence-electron chi connectivity index (χ2n) is 8.62. The van der Waals surface area contributed by atoms with Crippen LogP contribution in [0.5, 0.6) is 0 Å². The van der Waals surface area contributed by atoms with Gasteiger partial charge in [0.15, 0.2) is 0 Å². The molecule has 0 bridgehead atoms. The lowest BCUT2D eigenvalue weighted by Gasteiger charge is -2.26. The molecule has 0 saturated carbocycles. The number of aromatic nitrogens is 1. The molecule has 3 aliphatic rings. The third-order valence-electron chi connectivity index (χ3n) is 6.48. The van der Waals surface area contributed by atoms with E-state index in [2.05, 4.69) is 16.0 Å². The fourth-order valence-corrected chi connectivity index (χ4v) is 5.86. The molecule has 1 N–H and O–H groups in total. The molecule has 1 aliphatic heterocycles. The van der Waals surface area contributed by atoms with E-state index in [1.807, 2.05) is 12.1 Å². The Balaban J connectivity index is 1.58. The zero-order valence-electron chi connectivity index (χ0n) is 16.9. The van der Waals surface area contributed by atoms with Crippen LogP contribution in [-0.2, 0) is 33.7 Å². The molecule has 1 aromatic carbocycles. The molecule has 2 aliphatic carbocycles. The van der Waals surface area contributed by atoms with Crippen molar-refractivity contribution in [2.75, 3.05) is 19.3 Å². The standard InChI is InChI=1S/C22H25FN2O4S/c1-30(27,28)29-19-7-3-6-16-20(19)18-10-17-13(11-25-9-8-14(23)12-25)4-2-5-15(17)21(18)24-22(16)26/h2,4-5,14,19H,3,6-12H2,1H3,(H,24,26)/t14?,19-/m0/s1. The van der Waals surface area contributed by atoms with E-state index in [-0.39, 0.29) is 5.56 Å². The average molecular weight is 433 g/mol. The van der Waals surface area contributed by atoms with E-state index in [0.29, 0.717) is 50.8 Å². The van der Waals surface area contributed by atoms with E-state index < -0.39 is 22.4 Å². The van der Waals surface area contributed by atoms with E-state index in [1.54, 1.807) is 0 Å². The summed E-state index contributed by atoms with van der Waals surface area (Å²) >= 11 is 0. The summed E-state index contributed by atoms with van der Waals surface area (Å²) in [5, 5.41) is 0. The van der Waals surface area contributed by atoms with Crippen molar-refractivity contribution in [3.05, 3.63) is 56.4 Å². The minimum absolute atomic E-state index is 0.163. The van der Waals surface area contributed by atoms with Crippen LogP contribution in [0.1, 0.15) is 53.2 Å². The highest BCUT2D eigenvalue weighted by Crippen LogP contribution is 2.44. The quantitative estimate of drug-likeness (QED) is 0.642. The van der Waals surface area contributed by atoms with Gasteiger partial charge in [0.1, 0.15) is 12.3 Å². The maximum atomic E-state index is 13.6. The SMILES string of the molecule is CS(=O)(=O)O[C@H]1CCCc2c1c1c([nH]c2=O)-c2cccc(CN3CCC(F)C3)c2C1. The van der Waals surface area contributed by atoms with Crippen molar-refractivity contribution in [1.29, 1.82) is 0 Å². The Hall–Kier alpha value is -2.03. The minimum Gasteiger partial charge on any atom is -0.321 e. The van der Waals surface area contributed by atoms with Gasteiger partial charge in [-0.15, -0.1) is 0 Å². The third kappa shape index (κ3) is 3.50. The first-order valence-corrected chi connectivity index (χ1v) is 12.3. The summed E-state index contributed by atoms with van der Waals surface area (Å²) < 4.78 is 42.7. The molecule has 0 spiro atoms. The van der Waals surface area contributed by atoms with E-state index in [1.165, 1.54) is 0 Å². The average Bonchev–Trinajstić information content (AvgIpc) is 3.25. The number of aromatic amines is 1. The summed E-state index contributed by atoms with van der Waals surface area (Å²) in [5.74, 6) is 0. The lowest BCUT2D eigenvalue weighted by Crippen LogP contribution is -2.26. The summed E-state index contributed by atoms with van der Waals surface area (Å²) in [5.41, 5.74) is 6.19. The van der Waals surface area contributed by atoms with Gasteiger partial charge in [-0.2, -0.15) is 8.42 Å². The molecule has 0 amide bonds. The van der Waals surface area contributed by atoms with Gasteiger partial charge in [0.2, 0.25) is 0 Å². The number of H-pyrrole nitrogens is 1. The van der Waals surface area contributed by atoms with Crippen molar-refractivity contribution in [2.24, 2.45) is 0 Å². The molecule has 2 heterocycles. The number of hydrogen-bond donors (Lipinski definition) is 1. The van der Waals surface area contributed by atoms with Crippen molar-refractivity contribution in [1.82, 2.24) is 9.88 Å². The van der Waals surface area contributed by atoms with Crippen LogP contribution in [0.25, 0.3) is 11.3 Å². The molecule has 30 heavy (non-hydrogen) atoms. The van der Waals surface area contributed by atoms with Crippen LogP contribution in [0.2, 0.25) is 0 Å². The van der Waals surface area contributed by atoms with Crippen LogP contribution < -0.4 is 5.56 Å². The molecule has 2 aromatic rings. The van der Waals surface area contributed by atoms with Gasteiger partial charge in [-0.3, -0.25) is 13.9 Å². The maximum absolute atomic E-state index is 13.6. The van der Waals surface area contributed by atoms with Crippen LogP contribution >= 0.6 is 0 Å². The number of nitrogens with zero attached hydrogens (tertiary/aromatic N) is 1. The highest BCUT2D eigenvalue weighted by molar-refractivity contribution is 7.86. The van der Waals surface area contributed by atoms with Gasteiger partial charge in [0, 0.05) is 37.2 Å². The van der Waals surface area contributed by atoms with Crippen molar-refractivity contribution < 1.29 is 17.0 Å². The van der Waals surface area contributed by atoms with Gasteiger partial charge in [0.25, 0.3) is 15.7 Å². The molecular formula is C22H25FN2O4S. The van der Waals surface area contributed by atoms with Gasteiger partial charge in [-0.25, -0.2) is 4.39 Å². The van der Waals surface area contributed by atoms with Gasteiger partial charge in [-0.05, 0) is 47.9 Å². The van der Waals surface area contributed by atoms with E-state index in [4.69, 9.17) is 4.18 Å². The summed E-state index contributed by atoms with van der Waals surface area (Å²) in [6.45, 7) is 1.87. The number of hydrogen-bond acceptors (Lipinski definition) is 5. The number of likely N-dealkylation sites (tertiary alicyclic amines) is 1. The Kier molecular flexibility index (Phi) is 4.83. The summed E-state index contributed by atoms with van der Waals surface area (Å²) in [6.07, 6.45) is 2.76. The number of rotatable bonds is 4. The molecule has 1 fully saturated rings. The van der Waals surface area contributed by atoms with E-state index >= 15 is 0 Å². The smallest absolute Gasteiger partial charge is 0.264 e. The topological polar surface area (TPSA) is 79.5 Å². The lowest BCUT2D eigenvalue weighted by molar-refractivity contribution is 0.192. The fourth-order valence-electron chi connectivity index (χ4n) is 5.24. The fraction of sp³-hybridized carbons (Fsp3) is 0.500. The molecule has 0 radical (unpaired) electrons. The lowest BCUT2D eigenvalue weighted by atomic mass is 9.86. The predicted octanol–water partition coefficient (Wildman–Crippen LogP) is 2.84. The first-order valence-electron chi connectivity index (χ1n) is 10.4. The minimum atomic E-state index is -3.65. The Morgan fingerprint density at radius 2 is 2.07 bits per heavy atom. The second-order valence-corrected chi connectivity index (χ2v) is 10.2. The summed E-state index contributed by atoms with van der Waals surface area (Å²) in [6, 6.07) is 6.02. The predicted molar refractivity (Wildman–Crippen MR) is 112 cm³/mol. The molecule has 8 heteroatoms. The number of nitrogens with one attached hydrogen (secondary N) is 1. The zero-order valence-corrected chi connectivity index (χ0v) is 17.7. The Morgan fingerprint density at radius 1 is 1.23 bits per heavy atom. The zero-order chi connectivity index (χ0) is 21.0. The van der Waals surface area contributed by atoms with E-state index in [0.717, 1.165) is 46.3 Å². The summed E-state index contributed by atoms with van der Waals surface area (Å²) in [7, 11) is -3.65. The van der Waals surface area contributed by atoms with Crippen molar-refractivity contribution >= 4 is 10.1 Å². The maximum Gasteiger partial charge on any atom is 0.264 e. The Morgan fingerprint density at radius 3 is 2.80 bits per heavy atom. The molecule has 2 atom stereocenters. The van der Waals surface area contributed by atoms with Gasteiger partial charge in [0.05, 0.1) is 11.9 Å². The third-order valence-corrected chi connectivity index (χ3v) is 7.06. The van der Waals surface area contributed by atoms with E-state index in [9.17, 15) is 17.6 Å². The summed E-state index contributed by atoms with van der Waals surface area (Å²) in [4.78, 5) is 18.0. The van der Waals surface area contributed by atoms with Crippen LogP contribution in [0, 0.1) is 0 Å². The molecule has 1 saturated heterocycles. The number of benzene rings is 1.